The van der Waals surface area contributed by atoms with E-state index in [1.54, 1.807) is 11.3 Å². The molecular formula is C12H9NOS. The normalized spacial score (nSPS) is 10.7. The first-order valence-electron chi connectivity index (χ1n) is 4.70. The van der Waals surface area contributed by atoms with Crippen molar-refractivity contribution < 1.29 is 4.74 Å². The van der Waals surface area contributed by atoms with Crippen molar-refractivity contribution in [1.29, 1.82) is 0 Å². The van der Waals surface area contributed by atoms with Gasteiger partial charge in [0, 0.05) is 17.8 Å². The van der Waals surface area contributed by atoms with Gasteiger partial charge in [0.1, 0.15) is 5.75 Å². The molecule has 3 heteroatoms. The van der Waals surface area contributed by atoms with Crippen LogP contribution in [0.4, 0.5) is 0 Å². The van der Waals surface area contributed by atoms with E-state index in [0.29, 0.717) is 0 Å². The predicted octanol–water partition coefficient (Wildman–Crippen LogP) is 4.02. The van der Waals surface area contributed by atoms with Crippen LogP contribution in [0, 0.1) is 0 Å². The summed E-state index contributed by atoms with van der Waals surface area (Å²) in [5.41, 5.74) is 1.10. The minimum atomic E-state index is 0.868. The lowest BCUT2D eigenvalue weighted by Gasteiger charge is -2.02. The predicted molar refractivity (Wildman–Crippen MR) is 62.7 cm³/mol. The Morgan fingerprint density at radius 3 is 3.00 bits per heavy atom. The van der Waals surface area contributed by atoms with Gasteiger partial charge in [0.2, 0.25) is 0 Å². The molecule has 3 aromatic rings. The maximum absolute atomic E-state index is 5.69. The fraction of sp³-hybridized carbons (Fsp3) is 0. The highest BCUT2D eigenvalue weighted by Crippen LogP contribution is 2.28. The van der Waals surface area contributed by atoms with Crippen molar-refractivity contribution in [2.24, 2.45) is 0 Å². The average Bonchev–Trinajstić information content (AvgIpc) is 2.87. The van der Waals surface area contributed by atoms with E-state index >= 15 is 0 Å². The van der Waals surface area contributed by atoms with Gasteiger partial charge in [0.15, 0.2) is 5.06 Å². The summed E-state index contributed by atoms with van der Waals surface area (Å²) in [6.07, 6.45) is 1.93. The molecule has 0 saturated heterocycles. The van der Waals surface area contributed by atoms with E-state index in [0.717, 1.165) is 16.3 Å². The molecule has 0 aliphatic heterocycles. The summed E-state index contributed by atoms with van der Waals surface area (Å²) >= 11 is 1.59. The van der Waals surface area contributed by atoms with Crippen LogP contribution in [-0.2, 0) is 0 Å². The molecule has 0 atom stereocenters. The summed E-state index contributed by atoms with van der Waals surface area (Å²) in [4.78, 5) is 3.16. The highest BCUT2D eigenvalue weighted by molar-refractivity contribution is 7.11. The molecule has 0 spiro atoms. The molecule has 0 fully saturated rings. The molecule has 0 bridgehead atoms. The third-order valence-corrected chi connectivity index (χ3v) is 2.98. The number of nitrogens with one attached hydrogen (secondary N) is 1. The lowest BCUT2D eigenvalue weighted by atomic mass is 10.2. The van der Waals surface area contributed by atoms with E-state index in [2.05, 4.69) is 11.1 Å². The van der Waals surface area contributed by atoms with Crippen molar-refractivity contribution in [3.05, 3.63) is 48.0 Å². The first kappa shape index (κ1) is 8.56. The van der Waals surface area contributed by atoms with Crippen molar-refractivity contribution in [2.45, 2.75) is 0 Å². The van der Waals surface area contributed by atoms with Crippen LogP contribution in [0.2, 0.25) is 0 Å². The lowest BCUT2D eigenvalue weighted by Crippen LogP contribution is -1.79. The van der Waals surface area contributed by atoms with Gasteiger partial charge in [-0.25, -0.2) is 0 Å². The summed E-state index contributed by atoms with van der Waals surface area (Å²) in [5, 5.41) is 4.12. The number of fused-ring (bicyclic) bond motifs is 1. The Morgan fingerprint density at radius 1 is 1.13 bits per heavy atom. The Balaban J connectivity index is 1.97. The molecule has 3 rings (SSSR count). The summed E-state index contributed by atoms with van der Waals surface area (Å²) < 4.78 is 5.69. The number of hydrogen-bond acceptors (Lipinski definition) is 2. The Bertz CT molecular complexity index is 568. The lowest BCUT2D eigenvalue weighted by molar-refractivity contribution is 0.497. The molecule has 0 aliphatic rings. The van der Waals surface area contributed by atoms with Crippen molar-refractivity contribution in [3.63, 3.8) is 0 Å². The Labute approximate surface area is 91.1 Å². The maximum atomic E-state index is 5.69. The van der Waals surface area contributed by atoms with Gasteiger partial charge in [0.25, 0.3) is 0 Å². The number of aromatic nitrogens is 1. The summed E-state index contributed by atoms with van der Waals surface area (Å²) in [6.45, 7) is 0. The first-order valence-corrected chi connectivity index (χ1v) is 5.58. The van der Waals surface area contributed by atoms with Gasteiger partial charge in [-0.2, -0.15) is 0 Å². The molecule has 1 N–H and O–H groups in total. The van der Waals surface area contributed by atoms with Gasteiger partial charge < -0.3 is 9.72 Å². The van der Waals surface area contributed by atoms with Gasteiger partial charge >= 0.3 is 0 Å². The van der Waals surface area contributed by atoms with Gasteiger partial charge in [-0.3, -0.25) is 0 Å². The van der Waals surface area contributed by atoms with Gasteiger partial charge in [-0.05, 0) is 41.1 Å². The molecular weight excluding hydrogens is 206 g/mol. The largest absolute Gasteiger partial charge is 0.447 e. The first-order chi connectivity index (χ1) is 7.42. The van der Waals surface area contributed by atoms with E-state index in [1.807, 2.05) is 41.9 Å². The fourth-order valence-corrected chi connectivity index (χ4v) is 2.12. The number of benzene rings is 1. The topological polar surface area (TPSA) is 25.0 Å². The molecule has 0 radical (unpaired) electrons. The molecule has 0 amide bonds. The zero-order valence-corrected chi connectivity index (χ0v) is 8.75. The molecule has 2 heterocycles. The SMILES string of the molecule is c1csc(Oc2ccc3cc[nH]c3c2)c1. The highest BCUT2D eigenvalue weighted by Gasteiger charge is 2.00. The second kappa shape index (κ2) is 3.44. The molecule has 2 aromatic heterocycles. The van der Waals surface area contributed by atoms with Gasteiger partial charge in [-0.1, -0.05) is 0 Å². The van der Waals surface area contributed by atoms with Crippen LogP contribution < -0.4 is 4.74 Å². The average molecular weight is 215 g/mol. The van der Waals surface area contributed by atoms with Crippen molar-refractivity contribution >= 4 is 22.2 Å². The van der Waals surface area contributed by atoms with Crippen molar-refractivity contribution in [1.82, 2.24) is 4.98 Å². The number of thiophene rings is 1. The van der Waals surface area contributed by atoms with Crippen LogP contribution in [0.25, 0.3) is 10.9 Å². The zero-order valence-electron chi connectivity index (χ0n) is 7.94. The van der Waals surface area contributed by atoms with E-state index in [-0.39, 0.29) is 0 Å². The standard InChI is InChI=1S/C12H9NOS/c1-2-12(15-7-1)14-10-4-3-9-5-6-13-11(9)8-10/h1-8,13H. The Kier molecular flexibility index (Phi) is 1.96. The molecule has 0 unspecified atom stereocenters. The number of hydrogen-bond donors (Lipinski definition) is 1. The third kappa shape index (κ3) is 1.62. The molecule has 2 nitrogen and oxygen atoms in total. The van der Waals surface area contributed by atoms with Crippen molar-refractivity contribution in [3.8, 4) is 10.8 Å². The van der Waals surface area contributed by atoms with Crippen molar-refractivity contribution in [2.75, 3.05) is 0 Å². The minimum absolute atomic E-state index is 0.868. The Morgan fingerprint density at radius 2 is 2.13 bits per heavy atom. The Hall–Kier alpha value is -1.74. The van der Waals surface area contributed by atoms with Gasteiger partial charge in [0.05, 0.1) is 0 Å². The van der Waals surface area contributed by atoms with Crippen LogP contribution in [-0.4, -0.2) is 4.98 Å². The van der Waals surface area contributed by atoms with Crippen LogP contribution >= 0.6 is 11.3 Å². The molecule has 0 saturated carbocycles. The maximum Gasteiger partial charge on any atom is 0.180 e. The molecule has 0 aliphatic carbocycles. The van der Waals surface area contributed by atoms with Gasteiger partial charge in [-0.15, -0.1) is 11.3 Å². The zero-order chi connectivity index (χ0) is 10.1. The highest BCUT2D eigenvalue weighted by atomic mass is 32.1. The molecule has 1 aromatic carbocycles. The fourth-order valence-electron chi connectivity index (χ4n) is 1.53. The number of ether oxygens (including phenoxy) is 1. The second-order valence-electron chi connectivity index (χ2n) is 3.26. The van der Waals surface area contributed by atoms with Crippen LogP contribution in [0.1, 0.15) is 0 Å². The minimum Gasteiger partial charge on any atom is -0.447 e. The number of rotatable bonds is 2. The van der Waals surface area contributed by atoms with Crippen LogP contribution in [0.3, 0.4) is 0 Å². The monoisotopic (exact) mass is 215 g/mol. The van der Waals surface area contributed by atoms with E-state index in [1.165, 1.54) is 5.39 Å². The second-order valence-corrected chi connectivity index (χ2v) is 4.17. The van der Waals surface area contributed by atoms with E-state index < -0.39 is 0 Å². The quantitative estimate of drug-likeness (QED) is 0.686. The van der Waals surface area contributed by atoms with Crippen LogP contribution in [0.5, 0.6) is 10.8 Å². The van der Waals surface area contributed by atoms with E-state index in [9.17, 15) is 0 Å². The third-order valence-electron chi connectivity index (χ3n) is 2.24. The smallest absolute Gasteiger partial charge is 0.180 e. The summed E-state index contributed by atoms with van der Waals surface area (Å²) in [5.74, 6) is 0.868. The summed E-state index contributed by atoms with van der Waals surface area (Å²) in [7, 11) is 0. The number of aromatic amines is 1. The number of H-pyrrole nitrogens is 1. The summed E-state index contributed by atoms with van der Waals surface area (Å²) in [6, 6.07) is 12.0. The van der Waals surface area contributed by atoms with E-state index in [4.69, 9.17) is 4.74 Å². The van der Waals surface area contributed by atoms with Crippen LogP contribution in [0.15, 0.2) is 48.0 Å². The molecule has 15 heavy (non-hydrogen) atoms. The molecule has 74 valence electrons.